The largest absolute Gasteiger partial charge is 1.00 e. The van der Waals surface area contributed by atoms with Crippen LogP contribution in [0.2, 0.25) is 0 Å². The summed E-state index contributed by atoms with van der Waals surface area (Å²) in [6, 6.07) is -3.41. The van der Waals surface area contributed by atoms with Crippen molar-refractivity contribution in [1.82, 2.24) is 4.72 Å². The molecule has 0 spiro atoms. The number of rotatable bonds is 13. The van der Waals surface area contributed by atoms with E-state index in [0.29, 0.717) is 0 Å². The van der Waals surface area contributed by atoms with Crippen LogP contribution in [0.3, 0.4) is 0 Å². The number of carbonyl (C=O) groups is 2. The van der Waals surface area contributed by atoms with Crippen LogP contribution >= 0.6 is 0 Å². The first-order valence-electron chi connectivity index (χ1n) is 8.36. The molecular formula is C13H6F17NNa2O6S. The standard InChI is InChI=1S/C13H8F17NO6S.2Na/c14-6(15,8(18,19)10(22,23)12(26,27)28)7(16,17)9(20,21)11(24,25)13(29,30)38(36,37)31-3(5(34)35)1-2-4(32)33;;/h3,31H,1-2H2,(H,32,33)(H,34,35);;/q;2*+1/p-2. The summed E-state index contributed by atoms with van der Waals surface area (Å²) in [5, 5.41) is 12.8. The molecule has 0 aliphatic rings. The molecule has 0 amide bonds. The first-order chi connectivity index (χ1) is 16.2. The van der Waals surface area contributed by atoms with E-state index in [4.69, 9.17) is 0 Å². The van der Waals surface area contributed by atoms with E-state index in [-0.39, 0.29) is 63.8 Å². The fourth-order valence-corrected chi connectivity index (χ4v) is 3.27. The van der Waals surface area contributed by atoms with Crippen LogP contribution in [-0.2, 0) is 19.6 Å². The van der Waals surface area contributed by atoms with Gasteiger partial charge in [0.1, 0.15) is 0 Å². The zero-order valence-electron chi connectivity index (χ0n) is 18.8. The number of nitrogens with one attached hydrogen (secondary N) is 1. The minimum Gasteiger partial charge on any atom is -0.550 e. The van der Waals surface area contributed by atoms with Crippen molar-refractivity contribution in [2.45, 2.75) is 65.8 Å². The number of alkyl halides is 17. The smallest absolute Gasteiger partial charge is 0.550 e. The molecule has 0 saturated carbocycles. The first kappa shape index (κ1) is 44.1. The zero-order chi connectivity index (χ0) is 31.4. The van der Waals surface area contributed by atoms with Crippen molar-refractivity contribution in [2.24, 2.45) is 0 Å². The molecule has 0 aromatic rings. The van der Waals surface area contributed by atoms with Crippen LogP contribution in [0.5, 0.6) is 0 Å². The van der Waals surface area contributed by atoms with Gasteiger partial charge in [-0.15, -0.1) is 0 Å². The summed E-state index contributed by atoms with van der Waals surface area (Å²) in [5.74, 6) is -58.2. The van der Waals surface area contributed by atoms with Crippen LogP contribution < -0.4 is 74.0 Å². The Bertz CT molecular complexity index is 1030. The molecule has 0 rings (SSSR count). The molecule has 0 aromatic heterocycles. The molecule has 0 aliphatic heterocycles. The van der Waals surface area contributed by atoms with Gasteiger partial charge >= 0.3 is 106 Å². The number of sulfonamides is 1. The molecular weight excluding hydrogens is 667 g/mol. The number of halogens is 17. The molecule has 0 bridgehead atoms. The average Bonchev–Trinajstić information content (AvgIpc) is 2.68. The van der Waals surface area contributed by atoms with Gasteiger partial charge < -0.3 is 19.8 Å². The van der Waals surface area contributed by atoms with Crippen LogP contribution in [0.25, 0.3) is 0 Å². The molecule has 0 heterocycles. The topological polar surface area (TPSA) is 126 Å². The van der Waals surface area contributed by atoms with Crippen molar-refractivity contribution >= 4 is 22.0 Å². The summed E-state index contributed by atoms with van der Waals surface area (Å²) in [7, 11) is -7.93. The van der Waals surface area contributed by atoms with E-state index in [1.54, 1.807) is 0 Å². The van der Waals surface area contributed by atoms with Gasteiger partial charge in [-0.3, -0.25) is 0 Å². The SMILES string of the molecule is O=C([O-])CCC(NS(=O)(=O)C(F)(F)C(F)(F)C(F)(F)C(F)(F)C(F)(F)C(F)(F)C(F)(F)C(F)(F)F)C(=O)[O-].[Na+].[Na+]. The van der Waals surface area contributed by atoms with Crippen molar-refractivity contribution in [3.05, 3.63) is 0 Å². The Morgan fingerprint density at radius 1 is 0.600 bits per heavy atom. The van der Waals surface area contributed by atoms with Gasteiger partial charge in [-0.2, -0.15) is 74.6 Å². The van der Waals surface area contributed by atoms with Gasteiger partial charge in [0.05, 0.1) is 12.0 Å². The van der Waals surface area contributed by atoms with Crippen molar-refractivity contribution in [3.8, 4) is 0 Å². The van der Waals surface area contributed by atoms with Crippen molar-refractivity contribution < 1.29 is 162 Å². The quantitative estimate of drug-likeness (QED) is 0.156. The molecule has 1 N–H and O–H groups in total. The summed E-state index contributed by atoms with van der Waals surface area (Å²) >= 11 is 0. The van der Waals surface area contributed by atoms with Crippen molar-refractivity contribution in [3.63, 3.8) is 0 Å². The Kier molecular flexibility index (Phi) is 14.0. The predicted molar refractivity (Wildman–Crippen MR) is 75.8 cm³/mol. The van der Waals surface area contributed by atoms with E-state index in [2.05, 4.69) is 0 Å². The summed E-state index contributed by atoms with van der Waals surface area (Å²) in [4.78, 5) is 20.8. The van der Waals surface area contributed by atoms with E-state index < -0.39 is 87.8 Å². The van der Waals surface area contributed by atoms with Crippen molar-refractivity contribution in [2.75, 3.05) is 0 Å². The Balaban J connectivity index is -0.00000684. The average molecular weight is 673 g/mol. The molecule has 0 aliphatic carbocycles. The summed E-state index contributed by atoms with van der Waals surface area (Å²) in [6.07, 6.45) is -11.4. The van der Waals surface area contributed by atoms with Crippen LogP contribution in [0, 0.1) is 0 Å². The molecule has 0 radical (unpaired) electrons. The minimum atomic E-state index is -9.05. The maximum Gasteiger partial charge on any atom is 1.00 e. The number of carbonyl (C=O) groups excluding carboxylic acids is 2. The Hall–Kier alpha value is -0.340. The van der Waals surface area contributed by atoms with E-state index in [1.165, 1.54) is 0 Å². The predicted octanol–water partition coefficient (Wildman–Crippen LogP) is -4.47. The summed E-state index contributed by atoms with van der Waals surface area (Å²) in [5.41, 5.74) is 0. The van der Waals surface area contributed by atoms with Crippen LogP contribution in [0.1, 0.15) is 12.8 Å². The van der Waals surface area contributed by atoms with E-state index in [0.717, 1.165) is 0 Å². The third kappa shape index (κ3) is 6.90. The van der Waals surface area contributed by atoms with Gasteiger partial charge in [0.15, 0.2) is 0 Å². The molecule has 0 fully saturated rings. The van der Waals surface area contributed by atoms with Gasteiger partial charge in [-0.25, -0.2) is 13.1 Å². The van der Waals surface area contributed by atoms with Gasteiger partial charge in [0.2, 0.25) is 0 Å². The molecule has 27 heteroatoms. The molecule has 0 saturated heterocycles. The second-order valence-electron chi connectivity index (χ2n) is 6.86. The number of hydrogen-bond donors (Lipinski definition) is 1. The third-order valence-electron chi connectivity index (χ3n) is 4.25. The van der Waals surface area contributed by atoms with Crippen LogP contribution in [-0.4, -0.2) is 73.4 Å². The minimum absolute atomic E-state index is 0. The monoisotopic (exact) mass is 673 g/mol. The molecule has 1 atom stereocenters. The second kappa shape index (κ2) is 12.7. The van der Waals surface area contributed by atoms with E-state index >= 15 is 0 Å². The number of carboxylic acids is 2. The van der Waals surface area contributed by atoms with Gasteiger partial charge in [0.25, 0.3) is 10.0 Å². The Labute approximate surface area is 253 Å². The van der Waals surface area contributed by atoms with Gasteiger partial charge in [0, 0.05) is 5.97 Å². The van der Waals surface area contributed by atoms with E-state index in [1.807, 2.05) is 0 Å². The van der Waals surface area contributed by atoms with E-state index in [9.17, 15) is 103 Å². The van der Waals surface area contributed by atoms with Crippen LogP contribution in [0.4, 0.5) is 74.6 Å². The molecule has 226 valence electrons. The number of carboxylic acid groups (broad SMARTS) is 2. The third-order valence-corrected chi connectivity index (χ3v) is 5.78. The van der Waals surface area contributed by atoms with Crippen molar-refractivity contribution in [1.29, 1.82) is 0 Å². The van der Waals surface area contributed by atoms with Gasteiger partial charge in [-0.1, -0.05) is 0 Å². The number of hydrogen-bond acceptors (Lipinski definition) is 6. The first-order valence-corrected chi connectivity index (χ1v) is 9.84. The molecule has 40 heavy (non-hydrogen) atoms. The van der Waals surface area contributed by atoms with Crippen LogP contribution in [0.15, 0.2) is 0 Å². The second-order valence-corrected chi connectivity index (χ2v) is 8.62. The summed E-state index contributed by atoms with van der Waals surface area (Å²) in [6.45, 7) is 0. The Morgan fingerprint density at radius 2 is 0.900 bits per heavy atom. The Morgan fingerprint density at radius 3 is 1.18 bits per heavy atom. The molecule has 0 aromatic carbocycles. The molecule has 1 unspecified atom stereocenters. The fraction of sp³-hybridized carbons (Fsp3) is 0.846. The van der Waals surface area contributed by atoms with Gasteiger partial charge in [-0.05, 0) is 12.8 Å². The fourth-order valence-electron chi connectivity index (χ4n) is 2.07. The number of aliphatic carboxylic acids is 2. The maximum atomic E-state index is 13.8. The molecule has 7 nitrogen and oxygen atoms in total. The zero-order valence-corrected chi connectivity index (χ0v) is 23.6. The normalized spacial score (nSPS) is 15.5. The summed E-state index contributed by atoms with van der Waals surface area (Å²) < 4.78 is 246. The maximum absolute atomic E-state index is 13.8.